The first-order valence-corrected chi connectivity index (χ1v) is 9.55. The molecule has 136 valence electrons. The third-order valence-corrected chi connectivity index (χ3v) is 5.65. The van der Waals surface area contributed by atoms with Gasteiger partial charge in [-0.05, 0) is 44.0 Å². The summed E-state index contributed by atoms with van der Waals surface area (Å²) in [6.45, 7) is 1.95. The molecule has 1 aliphatic carbocycles. The minimum atomic E-state index is -3.77. The van der Waals surface area contributed by atoms with Crippen molar-refractivity contribution in [2.24, 2.45) is 5.92 Å². The van der Waals surface area contributed by atoms with E-state index in [1.54, 1.807) is 24.5 Å². The normalized spacial score (nSPS) is 20.2. The van der Waals surface area contributed by atoms with Crippen molar-refractivity contribution in [1.29, 1.82) is 0 Å². The maximum absolute atomic E-state index is 12.6. The fourth-order valence-corrected chi connectivity index (χ4v) is 4.15. The number of nitrogens with one attached hydrogen (secondary N) is 2. The van der Waals surface area contributed by atoms with Crippen LogP contribution in [0.15, 0.2) is 29.2 Å². The van der Waals surface area contributed by atoms with E-state index in [0.29, 0.717) is 18.6 Å². The monoisotopic (exact) mass is 366 g/mol. The first-order valence-electron chi connectivity index (χ1n) is 8.06. The van der Waals surface area contributed by atoms with E-state index < -0.39 is 27.9 Å². The van der Waals surface area contributed by atoms with Gasteiger partial charge in [0.2, 0.25) is 15.9 Å². The molecule has 2 unspecified atom stereocenters. The largest absolute Gasteiger partial charge is 0.481 e. The SMILES string of the molecule is CC#CCOc1ccc(S(=O)(=O)NC2CCCCC2C(=O)NO)cc1. The third-order valence-electron chi connectivity index (χ3n) is 4.14. The van der Waals surface area contributed by atoms with E-state index in [4.69, 9.17) is 9.94 Å². The first kappa shape index (κ1) is 19.2. The standard InChI is InChI=1S/C17H22N2O5S/c1-2-3-12-24-13-8-10-14(11-9-13)25(22,23)19-16-7-5-4-6-15(16)17(20)18-21/h8-11,15-16,19,21H,4-7,12H2,1H3,(H,18,20). The Labute approximate surface area is 147 Å². The number of hydroxylamine groups is 1. The van der Waals surface area contributed by atoms with Crippen molar-refractivity contribution >= 4 is 15.9 Å². The molecule has 25 heavy (non-hydrogen) atoms. The predicted octanol–water partition coefficient (Wildman–Crippen LogP) is 1.43. The fourth-order valence-electron chi connectivity index (χ4n) is 2.84. The number of rotatable bonds is 6. The van der Waals surface area contributed by atoms with Gasteiger partial charge in [-0.25, -0.2) is 18.6 Å². The minimum Gasteiger partial charge on any atom is -0.481 e. The second kappa shape index (κ2) is 8.85. The molecular formula is C17H22N2O5S. The Hall–Kier alpha value is -2.08. The molecule has 3 N–H and O–H groups in total. The molecule has 7 nitrogen and oxygen atoms in total. The van der Waals surface area contributed by atoms with Gasteiger partial charge >= 0.3 is 0 Å². The lowest BCUT2D eigenvalue weighted by Crippen LogP contribution is -2.47. The maximum Gasteiger partial charge on any atom is 0.248 e. The summed E-state index contributed by atoms with van der Waals surface area (Å²) < 4.78 is 33.1. The zero-order valence-corrected chi connectivity index (χ0v) is 14.8. The van der Waals surface area contributed by atoms with Crippen LogP contribution < -0.4 is 14.9 Å². The molecule has 0 radical (unpaired) electrons. The minimum absolute atomic E-state index is 0.0927. The van der Waals surface area contributed by atoms with Gasteiger partial charge in [-0.2, -0.15) is 0 Å². The Morgan fingerprint density at radius 3 is 2.60 bits per heavy atom. The van der Waals surface area contributed by atoms with Crippen molar-refractivity contribution in [2.75, 3.05) is 6.61 Å². The molecule has 0 aromatic heterocycles. The molecule has 1 aromatic carbocycles. The van der Waals surface area contributed by atoms with Gasteiger partial charge in [-0.1, -0.05) is 18.8 Å². The van der Waals surface area contributed by atoms with Gasteiger partial charge in [-0.15, -0.1) is 5.92 Å². The summed E-state index contributed by atoms with van der Waals surface area (Å²) in [6.07, 6.45) is 2.73. The van der Waals surface area contributed by atoms with Crippen LogP contribution in [0, 0.1) is 17.8 Å². The molecule has 1 saturated carbocycles. The third kappa shape index (κ3) is 5.19. The number of ether oxygens (including phenoxy) is 1. The van der Waals surface area contributed by atoms with Gasteiger partial charge in [0.15, 0.2) is 0 Å². The molecule has 0 aliphatic heterocycles. The number of hydrogen-bond acceptors (Lipinski definition) is 5. The average molecular weight is 366 g/mol. The average Bonchev–Trinajstić information content (AvgIpc) is 2.62. The van der Waals surface area contributed by atoms with Crippen molar-refractivity contribution < 1.29 is 23.2 Å². The van der Waals surface area contributed by atoms with Gasteiger partial charge in [0, 0.05) is 6.04 Å². The van der Waals surface area contributed by atoms with E-state index in [-0.39, 0.29) is 11.5 Å². The summed E-state index contributed by atoms with van der Waals surface area (Å²) in [6, 6.07) is 5.47. The lowest BCUT2D eigenvalue weighted by Gasteiger charge is -2.30. The Morgan fingerprint density at radius 1 is 1.28 bits per heavy atom. The summed E-state index contributed by atoms with van der Waals surface area (Å²) in [5, 5.41) is 8.84. The molecule has 8 heteroatoms. The van der Waals surface area contributed by atoms with E-state index in [1.807, 2.05) is 0 Å². The smallest absolute Gasteiger partial charge is 0.248 e. The van der Waals surface area contributed by atoms with Gasteiger partial charge in [0.25, 0.3) is 0 Å². The predicted molar refractivity (Wildman–Crippen MR) is 91.4 cm³/mol. The number of amides is 1. The molecule has 0 heterocycles. The fraction of sp³-hybridized carbons (Fsp3) is 0.471. The maximum atomic E-state index is 12.6. The van der Waals surface area contributed by atoms with Crippen molar-refractivity contribution in [3.8, 4) is 17.6 Å². The van der Waals surface area contributed by atoms with Crippen molar-refractivity contribution in [3.63, 3.8) is 0 Å². The highest BCUT2D eigenvalue weighted by molar-refractivity contribution is 7.89. The zero-order chi connectivity index (χ0) is 18.3. The summed E-state index contributed by atoms with van der Waals surface area (Å²) >= 11 is 0. The molecule has 2 atom stereocenters. The second-order valence-corrected chi connectivity index (χ2v) is 7.50. The van der Waals surface area contributed by atoms with Crippen molar-refractivity contribution in [2.45, 2.75) is 43.5 Å². The van der Waals surface area contributed by atoms with E-state index in [2.05, 4.69) is 16.6 Å². The number of hydrogen-bond donors (Lipinski definition) is 3. The van der Waals surface area contributed by atoms with Crippen LogP contribution in [0.3, 0.4) is 0 Å². The van der Waals surface area contributed by atoms with Crippen LogP contribution in [0.25, 0.3) is 0 Å². The lowest BCUT2D eigenvalue weighted by atomic mass is 9.85. The molecular weight excluding hydrogens is 344 g/mol. The zero-order valence-electron chi connectivity index (χ0n) is 14.0. The Balaban J connectivity index is 2.09. The van der Waals surface area contributed by atoms with E-state index in [1.165, 1.54) is 12.1 Å². The molecule has 1 aromatic rings. The number of carbonyl (C=O) groups excluding carboxylic acids is 1. The summed E-state index contributed by atoms with van der Waals surface area (Å²) in [7, 11) is -3.77. The Morgan fingerprint density at radius 2 is 1.96 bits per heavy atom. The van der Waals surface area contributed by atoms with Crippen LogP contribution in [0.2, 0.25) is 0 Å². The first-order chi connectivity index (χ1) is 12.0. The van der Waals surface area contributed by atoms with Gasteiger partial charge in [0.1, 0.15) is 12.4 Å². The van der Waals surface area contributed by atoms with E-state index >= 15 is 0 Å². The Kier molecular flexibility index (Phi) is 6.82. The van der Waals surface area contributed by atoms with Crippen LogP contribution >= 0.6 is 0 Å². The van der Waals surface area contributed by atoms with Crippen molar-refractivity contribution in [1.82, 2.24) is 10.2 Å². The molecule has 1 amide bonds. The van der Waals surface area contributed by atoms with Gasteiger partial charge < -0.3 is 4.74 Å². The van der Waals surface area contributed by atoms with Crippen LogP contribution in [0.1, 0.15) is 32.6 Å². The molecule has 2 rings (SSSR count). The summed E-state index contributed by atoms with van der Waals surface area (Å²) in [4.78, 5) is 11.8. The number of benzene rings is 1. The molecule has 1 fully saturated rings. The lowest BCUT2D eigenvalue weighted by molar-refractivity contribution is -0.135. The molecule has 1 aliphatic rings. The van der Waals surface area contributed by atoms with E-state index in [0.717, 1.165) is 12.8 Å². The Bertz CT molecular complexity index is 749. The summed E-state index contributed by atoms with van der Waals surface area (Å²) in [5.74, 6) is 4.84. The van der Waals surface area contributed by atoms with Crippen LogP contribution in [-0.2, 0) is 14.8 Å². The molecule has 0 saturated heterocycles. The molecule has 0 spiro atoms. The van der Waals surface area contributed by atoms with Gasteiger partial charge in [-0.3, -0.25) is 10.0 Å². The van der Waals surface area contributed by atoms with Crippen LogP contribution in [0.5, 0.6) is 5.75 Å². The number of carbonyl (C=O) groups is 1. The second-order valence-electron chi connectivity index (χ2n) is 5.78. The van der Waals surface area contributed by atoms with Crippen LogP contribution in [-0.4, -0.2) is 32.2 Å². The molecule has 0 bridgehead atoms. The van der Waals surface area contributed by atoms with E-state index in [9.17, 15) is 13.2 Å². The highest BCUT2D eigenvalue weighted by Gasteiger charge is 2.34. The summed E-state index contributed by atoms with van der Waals surface area (Å²) in [5.41, 5.74) is 1.62. The van der Waals surface area contributed by atoms with Crippen LogP contribution in [0.4, 0.5) is 0 Å². The highest BCUT2D eigenvalue weighted by atomic mass is 32.2. The highest BCUT2D eigenvalue weighted by Crippen LogP contribution is 2.26. The number of sulfonamides is 1. The topological polar surface area (TPSA) is 105 Å². The quantitative estimate of drug-likeness (QED) is 0.401. The van der Waals surface area contributed by atoms with Gasteiger partial charge in [0.05, 0.1) is 10.8 Å². The van der Waals surface area contributed by atoms with Crippen molar-refractivity contribution in [3.05, 3.63) is 24.3 Å².